The van der Waals surface area contributed by atoms with Crippen LogP contribution < -0.4 is 0 Å². The van der Waals surface area contributed by atoms with E-state index in [4.69, 9.17) is 0 Å². The Balaban J connectivity index is 1.45. The molecule has 8 heteroatoms. The summed E-state index contributed by atoms with van der Waals surface area (Å²) < 4.78 is 6.87. The number of rotatable bonds is 7. The van der Waals surface area contributed by atoms with E-state index in [0.717, 1.165) is 49.6 Å². The first-order valence-electron chi connectivity index (χ1n) is 12.2. The van der Waals surface area contributed by atoms with Crippen molar-refractivity contribution in [1.82, 2.24) is 14.4 Å². The molecule has 2 aromatic rings. The molecule has 180 valence electrons. The molecule has 0 spiro atoms. The molecule has 2 aliphatic rings. The molecule has 8 nitrogen and oxygen atoms in total. The molecule has 4 rings (SSSR count). The first kappa shape index (κ1) is 23.8. The minimum absolute atomic E-state index is 0.00733. The van der Waals surface area contributed by atoms with Gasteiger partial charge in [0.15, 0.2) is 0 Å². The standard InChI is InChI=1S/C26H32N4O4/c1-3-28-21(15-19-9-8-18(17-27)14-23(19)28)11-10-20-6-4-12-29(20)26(33)22-7-5-13-30(22)24(31)16-25(32)34-2/h8-9,14-15,20,22H,3-7,10-13,16H2,1-2H3. The van der Waals surface area contributed by atoms with Gasteiger partial charge in [0.25, 0.3) is 0 Å². The van der Waals surface area contributed by atoms with Crippen LogP contribution in [0, 0.1) is 11.3 Å². The number of fused-ring (bicyclic) bond motifs is 1. The van der Waals surface area contributed by atoms with Gasteiger partial charge in [0.05, 0.1) is 18.7 Å². The second-order valence-corrected chi connectivity index (χ2v) is 9.13. The lowest BCUT2D eigenvalue weighted by atomic mass is 10.1. The summed E-state index contributed by atoms with van der Waals surface area (Å²) in [4.78, 5) is 41.1. The third-order valence-corrected chi connectivity index (χ3v) is 7.21. The smallest absolute Gasteiger partial charge is 0.315 e. The van der Waals surface area contributed by atoms with Gasteiger partial charge in [-0.3, -0.25) is 14.4 Å². The first-order chi connectivity index (χ1) is 16.5. The van der Waals surface area contributed by atoms with Crippen LogP contribution in [0.15, 0.2) is 24.3 Å². The number of esters is 1. The van der Waals surface area contributed by atoms with Crippen LogP contribution in [0.2, 0.25) is 0 Å². The van der Waals surface area contributed by atoms with E-state index in [2.05, 4.69) is 28.4 Å². The van der Waals surface area contributed by atoms with E-state index >= 15 is 0 Å². The molecule has 34 heavy (non-hydrogen) atoms. The number of hydrogen-bond acceptors (Lipinski definition) is 5. The number of nitrogens with zero attached hydrogens (tertiary/aromatic N) is 4. The Labute approximate surface area is 200 Å². The summed E-state index contributed by atoms with van der Waals surface area (Å²) in [5, 5.41) is 10.4. The Kier molecular flexibility index (Phi) is 7.20. The average molecular weight is 465 g/mol. The van der Waals surface area contributed by atoms with Crippen LogP contribution in [0.1, 0.15) is 56.7 Å². The van der Waals surface area contributed by atoms with Gasteiger partial charge in [0, 0.05) is 36.9 Å². The van der Waals surface area contributed by atoms with Crippen LogP contribution in [0.4, 0.5) is 0 Å². The Morgan fingerprint density at radius 3 is 2.62 bits per heavy atom. The average Bonchev–Trinajstić information content (AvgIpc) is 3.59. The summed E-state index contributed by atoms with van der Waals surface area (Å²) in [6.07, 6.45) is 4.70. The highest BCUT2D eigenvalue weighted by atomic mass is 16.5. The van der Waals surface area contributed by atoms with Crippen LogP contribution in [0.5, 0.6) is 0 Å². The SMILES string of the molecule is CCn1c(CCC2CCCN2C(=O)C2CCCN2C(=O)CC(=O)OC)cc2ccc(C#N)cc21. The fourth-order valence-corrected chi connectivity index (χ4v) is 5.51. The zero-order chi connectivity index (χ0) is 24.2. The molecule has 1 aromatic heterocycles. The Morgan fingerprint density at radius 1 is 1.12 bits per heavy atom. The highest BCUT2D eigenvalue weighted by Crippen LogP contribution is 2.29. The monoisotopic (exact) mass is 464 g/mol. The first-order valence-corrected chi connectivity index (χ1v) is 12.2. The van der Waals surface area contributed by atoms with Crippen molar-refractivity contribution in [2.24, 2.45) is 0 Å². The lowest BCUT2D eigenvalue weighted by molar-refractivity contribution is -0.150. The number of benzene rings is 1. The predicted molar refractivity (Wildman–Crippen MR) is 127 cm³/mol. The lowest BCUT2D eigenvalue weighted by Gasteiger charge is -2.31. The van der Waals surface area contributed by atoms with Crippen molar-refractivity contribution in [3.63, 3.8) is 0 Å². The summed E-state index contributed by atoms with van der Waals surface area (Å²) in [6.45, 7) is 4.14. The van der Waals surface area contributed by atoms with Gasteiger partial charge >= 0.3 is 5.97 Å². The number of hydrogen-bond donors (Lipinski definition) is 0. The molecular weight excluding hydrogens is 432 g/mol. The number of amides is 2. The van der Waals surface area contributed by atoms with Gasteiger partial charge in [-0.1, -0.05) is 6.07 Å². The van der Waals surface area contributed by atoms with Crippen molar-refractivity contribution in [2.75, 3.05) is 20.2 Å². The Bertz CT molecular complexity index is 1130. The van der Waals surface area contributed by atoms with Crippen LogP contribution in [0.25, 0.3) is 10.9 Å². The van der Waals surface area contributed by atoms with Gasteiger partial charge in [-0.05, 0) is 69.0 Å². The second-order valence-electron chi connectivity index (χ2n) is 9.13. The zero-order valence-electron chi connectivity index (χ0n) is 20.0. The summed E-state index contributed by atoms with van der Waals surface area (Å²) in [6, 6.07) is 9.84. The van der Waals surface area contributed by atoms with Gasteiger partial charge in [-0.2, -0.15) is 5.26 Å². The maximum absolute atomic E-state index is 13.5. The largest absolute Gasteiger partial charge is 0.469 e. The molecular formula is C26H32N4O4. The number of ether oxygens (including phenoxy) is 1. The van der Waals surface area contributed by atoms with Gasteiger partial charge in [-0.25, -0.2) is 0 Å². The summed E-state index contributed by atoms with van der Waals surface area (Å²) in [5.74, 6) is -0.897. The van der Waals surface area contributed by atoms with Crippen LogP contribution in [-0.4, -0.2) is 64.4 Å². The third-order valence-electron chi connectivity index (χ3n) is 7.21. The fraction of sp³-hybridized carbons (Fsp3) is 0.538. The molecule has 2 unspecified atom stereocenters. The number of aryl methyl sites for hydroxylation is 2. The summed E-state index contributed by atoms with van der Waals surface area (Å²) in [7, 11) is 1.26. The van der Waals surface area contributed by atoms with E-state index in [1.165, 1.54) is 12.8 Å². The maximum Gasteiger partial charge on any atom is 0.315 e. The summed E-state index contributed by atoms with van der Waals surface area (Å²) >= 11 is 0. The third kappa shape index (κ3) is 4.65. The number of likely N-dealkylation sites (tertiary alicyclic amines) is 2. The molecule has 2 amide bonds. The van der Waals surface area contributed by atoms with Gasteiger partial charge in [0.1, 0.15) is 12.5 Å². The quantitative estimate of drug-likeness (QED) is 0.464. The van der Waals surface area contributed by atoms with E-state index in [-0.39, 0.29) is 24.3 Å². The number of nitriles is 1. The van der Waals surface area contributed by atoms with Crippen LogP contribution in [-0.2, 0) is 32.1 Å². The molecule has 0 radical (unpaired) electrons. The predicted octanol–water partition coefficient (Wildman–Crippen LogP) is 3.01. The van der Waals surface area contributed by atoms with E-state index in [9.17, 15) is 19.6 Å². The van der Waals surface area contributed by atoms with Crippen molar-refractivity contribution >= 4 is 28.7 Å². The van der Waals surface area contributed by atoms with Gasteiger partial charge in [0.2, 0.25) is 11.8 Å². The van der Waals surface area contributed by atoms with E-state index in [1.54, 1.807) is 4.90 Å². The molecule has 0 saturated carbocycles. The molecule has 2 saturated heterocycles. The van der Waals surface area contributed by atoms with Crippen LogP contribution >= 0.6 is 0 Å². The number of methoxy groups -OCH3 is 1. The molecule has 2 fully saturated rings. The molecule has 2 atom stereocenters. The second kappa shape index (κ2) is 10.3. The minimum Gasteiger partial charge on any atom is -0.469 e. The molecule has 0 bridgehead atoms. The molecule has 0 aliphatic carbocycles. The summed E-state index contributed by atoms with van der Waals surface area (Å²) in [5.41, 5.74) is 2.94. The van der Waals surface area contributed by atoms with Crippen molar-refractivity contribution in [1.29, 1.82) is 5.26 Å². The fourth-order valence-electron chi connectivity index (χ4n) is 5.51. The molecule has 2 aliphatic heterocycles. The zero-order valence-corrected chi connectivity index (χ0v) is 20.0. The molecule has 0 N–H and O–H groups in total. The number of aromatic nitrogens is 1. The topological polar surface area (TPSA) is 95.6 Å². The Hall–Kier alpha value is -3.34. The van der Waals surface area contributed by atoms with E-state index in [1.807, 2.05) is 23.1 Å². The van der Waals surface area contributed by atoms with Crippen LogP contribution in [0.3, 0.4) is 0 Å². The van der Waals surface area contributed by atoms with Crippen molar-refractivity contribution < 1.29 is 19.1 Å². The lowest BCUT2D eigenvalue weighted by Crippen LogP contribution is -2.49. The van der Waals surface area contributed by atoms with Gasteiger partial charge < -0.3 is 19.1 Å². The maximum atomic E-state index is 13.5. The van der Waals surface area contributed by atoms with Crippen molar-refractivity contribution in [3.8, 4) is 6.07 Å². The van der Waals surface area contributed by atoms with Gasteiger partial charge in [-0.15, -0.1) is 0 Å². The Morgan fingerprint density at radius 2 is 1.88 bits per heavy atom. The highest BCUT2D eigenvalue weighted by Gasteiger charge is 2.40. The van der Waals surface area contributed by atoms with E-state index in [0.29, 0.717) is 25.1 Å². The number of carbonyl (C=O) groups excluding carboxylic acids is 3. The molecule has 3 heterocycles. The van der Waals surface area contributed by atoms with Crippen molar-refractivity contribution in [3.05, 3.63) is 35.5 Å². The van der Waals surface area contributed by atoms with E-state index < -0.39 is 12.0 Å². The molecule has 1 aromatic carbocycles. The normalized spacial score (nSPS) is 20.0. The van der Waals surface area contributed by atoms with Crippen molar-refractivity contribution in [2.45, 2.75) is 70.5 Å². The minimum atomic E-state index is -0.574. The highest BCUT2D eigenvalue weighted by molar-refractivity contribution is 5.97. The number of carbonyl (C=O) groups is 3.